The van der Waals surface area contributed by atoms with E-state index < -0.39 is 0 Å². The molecule has 1 heterocycles. The van der Waals surface area contributed by atoms with Crippen LogP contribution in [0.5, 0.6) is 0 Å². The molecule has 0 radical (unpaired) electrons. The first-order chi connectivity index (χ1) is 10.3. The van der Waals surface area contributed by atoms with Crippen molar-refractivity contribution in [1.29, 1.82) is 0 Å². The summed E-state index contributed by atoms with van der Waals surface area (Å²) in [6.07, 6.45) is 8.63. The zero-order valence-corrected chi connectivity index (χ0v) is 13.2. The van der Waals surface area contributed by atoms with Crippen LogP contribution in [-0.4, -0.2) is 22.9 Å². The third-order valence-corrected chi connectivity index (χ3v) is 3.54. The molecule has 0 saturated carbocycles. The summed E-state index contributed by atoms with van der Waals surface area (Å²) >= 11 is 5.18. The number of nitrogens with one attached hydrogen (secondary N) is 3. The second kappa shape index (κ2) is 8.42. The first-order valence-electron chi connectivity index (χ1n) is 7.44. The molecule has 0 spiro atoms. The van der Waals surface area contributed by atoms with Crippen molar-refractivity contribution < 1.29 is 0 Å². The summed E-state index contributed by atoms with van der Waals surface area (Å²) in [5.74, 6) is 0. The molecule has 3 N–H and O–H groups in total. The van der Waals surface area contributed by atoms with Gasteiger partial charge in [-0.05, 0) is 24.7 Å². The van der Waals surface area contributed by atoms with Gasteiger partial charge in [0.1, 0.15) is 0 Å². The molecule has 4 nitrogen and oxygen atoms in total. The van der Waals surface area contributed by atoms with E-state index in [1.165, 1.54) is 19.3 Å². The van der Waals surface area contributed by atoms with E-state index in [1.54, 1.807) is 6.21 Å². The Kier molecular flexibility index (Phi) is 6.22. The largest absolute Gasteiger partial charge is 0.361 e. The van der Waals surface area contributed by atoms with Gasteiger partial charge in [0.05, 0.1) is 6.21 Å². The normalized spacial score (nSPS) is 11.1. The zero-order chi connectivity index (χ0) is 14.9. The maximum absolute atomic E-state index is 5.18. The summed E-state index contributed by atoms with van der Waals surface area (Å²) in [4.78, 5) is 3.21. The van der Waals surface area contributed by atoms with Crippen molar-refractivity contribution in [3.05, 3.63) is 36.0 Å². The van der Waals surface area contributed by atoms with Gasteiger partial charge in [-0.3, -0.25) is 5.43 Å². The molecule has 1 aromatic carbocycles. The summed E-state index contributed by atoms with van der Waals surface area (Å²) < 4.78 is 0. The van der Waals surface area contributed by atoms with Crippen LogP contribution in [0.3, 0.4) is 0 Å². The number of rotatable bonds is 7. The molecule has 0 bridgehead atoms. The van der Waals surface area contributed by atoms with E-state index >= 15 is 0 Å². The van der Waals surface area contributed by atoms with Gasteiger partial charge in [0.2, 0.25) is 0 Å². The second-order valence-electron chi connectivity index (χ2n) is 4.98. The van der Waals surface area contributed by atoms with Gasteiger partial charge < -0.3 is 10.3 Å². The number of nitrogens with zero attached hydrogens (tertiary/aromatic N) is 1. The fraction of sp³-hybridized carbons (Fsp3) is 0.375. The highest BCUT2D eigenvalue weighted by atomic mass is 32.1. The Morgan fingerprint density at radius 2 is 2.14 bits per heavy atom. The Bertz CT molecular complexity index is 603. The van der Waals surface area contributed by atoms with Crippen molar-refractivity contribution >= 4 is 34.4 Å². The minimum Gasteiger partial charge on any atom is -0.361 e. The van der Waals surface area contributed by atoms with Crippen LogP contribution in [0.4, 0.5) is 0 Å². The lowest BCUT2D eigenvalue weighted by atomic mass is 10.2. The number of aromatic amines is 1. The average Bonchev–Trinajstić information content (AvgIpc) is 2.91. The lowest BCUT2D eigenvalue weighted by molar-refractivity contribution is 0.651. The van der Waals surface area contributed by atoms with Crippen LogP contribution in [0, 0.1) is 0 Å². The van der Waals surface area contributed by atoms with Crippen LogP contribution in [-0.2, 0) is 0 Å². The van der Waals surface area contributed by atoms with Crippen molar-refractivity contribution in [2.24, 2.45) is 5.10 Å². The average molecular weight is 302 g/mol. The van der Waals surface area contributed by atoms with Gasteiger partial charge in [-0.15, -0.1) is 0 Å². The predicted octanol–water partition coefficient (Wildman–Crippen LogP) is 3.55. The fourth-order valence-corrected chi connectivity index (χ4v) is 2.31. The van der Waals surface area contributed by atoms with Crippen LogP contribution < -0.4 is 10.7 Å². The second-order valence-corrected chi connectivity index (χ2v) is 5.38. The highest BCUT2D eigenvalue weighted by Crippen LogP contribution is 2.15. The molecular formula is C16H22N4S. The highest BCUT2D eigenvalue weighted by Gasteiger charge is 1.99. The van der Waals surface area contributed by atoms with E-state index in [1.807, 2.05) is 24.4 Å². The molecule has 0 atom stereocenters. The first kappa shape index (κ1) is 15.5. The van der Waals surface area contributed by atoms with Crippen molar-refractivity contribution in [1.82, 2.24) is 15.7 Å². The smallest absolute Gasteiger partial charge is 0.186 e. The number of fused-ring (bicyclic) bond motifs is 1. The number of hydrogen-bond donors (Lipinski definition) is 3. The Balaban J connectivity index is 1.76. The van der Waals surface area contributed by atoms with E-state index in [4.69, 9.17) is 12.2 Å². The number of aromatic nitrogens is 1. The van der Waals surface area contributed by atoms with E-state index in [0.29, 0.717) is 5.11 Å². The predicted molar refractivity (Wildman–Crippen MR) is 93.8 cm³/mol. The summed E-state index contributed by atoms with van der Waals surface area (Å²) in [7, 11) is 0. The van der Waals surface area contributed by atoms with E-state index in [-0.39, 0.29) is 0 Å². The Hall–Kier alpha value is -1.88. The van der Waals surface area contributed by atoms with Gasteiger partial charge in [0, 0.05) is 29.2 Å². The molecule has 0 aliphatic rings. The van der Waals surface area contributed by atoms with Crippen molar-refractivity contribution in [2.75, 3.05) is 6.54 Å². The summed E-state index contributed by atoms with van der Waals surface area (Å²) in [6, 6.07) is 8.14. The van der Waals surface area contributed by atoms with Gasteiger partial charge in [-0.1, -0.05) is 44.4 Å². The van der Waals surface area contributed by atoms with Gasteiger partial charge in [0.25, 0.3) is 0 Å². The quantitative estimate of drug-likeness (QED) is 0.317. The zero-order valence-electron chi connectivity index (χ0n) is 12.4. The number of hydrazone groups is 1. The summed E-state index contributed by atoms with van der Waals surface area (Å²) in [5.41, 5.74) is 5.00. The van der Waals surface area contributed by atoms with Crippen LogP contribution in [0.15, 0.2) is 35.6 Å². The minimum absolute atomic E-state index is 0.572. The maximum Gasteiger partial charge on any atom is 0.186 e. The summed E-state index contributed by atoms with van der Waals surface area (Å²) in [6.45, 7) is 3.10. The van der Waals surface area contributed by atoms with Crippen LogP contribution in [0.25, 0.3) is 10.9 Å². The minimum atomic E-state index is 0.572. The van der Waals surface area contributed by atoms with Gasteiger partial charge in [-0.25, -0.2) is 0 Å². The molecule has 21 heavy (non-hydrogen) atoms. The number of unbranched alkanes of at least 4 members (excludes halogenated alkanes) is 3. The van der Waals surface area contributed by atoms with Crippen molar-refractivity contribution in [3.63, 3.8) is 0 Å². The van der Waals surface area contributed by atoms with Gasteiger partial charge in [0.15, 0.2) is 5.11 Å². The van der Waals surface area contributed by atoms with E-state index in [9.17, 15) is 0 Å². The molecule has 0 saturated heterocycles. The monoisotopic (exact) mass is 302 g/mol. The Labute approximate surface area is 131 Å². The third kappa shape index (κ3) is 4.86. The number of benzene rings is 1. The van der Waals surface area contributed by atoms with Crippen LogP contribution in [0.2, 0.25) is 0 Å². The van der Waals surface area contributed by atoms with E-state index in [2.05, 4.69) is 33.8 Å². The molecule has 5 heteroatoms. The third-order valence-electron chi connectivity index (χ3n) is 3.31. The van der Waals surface area contributed by atoms with Gasteiger partial charge in [-0.2, -0.15) is 5.10 Å². The summed E-state index contributed by atoms with van der Waals surface area (Å²) in [5, 5.41) is 9.06. The van der Waals surface area contributed by atoms with Crippen molar-refractivity contribution in [3.8, 4) is 0 Å². The van der Waals surface area contributed by atoms with Gasteiger partial charge >= 0.3 is 0 Å². The van der Waals surface area contributed by atoms with E-state index in [0.717, 1.165) is 29.4 Å². The molecule has 0 aliphatic carbocycles. The molecular weight excluding hydrogens is 280 g/mol. The topological polar surface area (TPSA) is 52.2 Å². The highest BCUT2D eigenvalue weighted by molar-refractivity contribution is 7.80. The number of H-pyrrole nitrogens is 1. The standard InChI is InChI=1S/C16H22N4S/c1-2-3-4-7-10-17-16(21)20-19-12-13-11-18-15-9-6-5-8-14(13)15/h5-6,8-9,11-12,18H,2-4,7,10H2,1H3,(H2,17,20,21)/b19-12+. The number of para-hydroxylation sites is 1. The Morgan fingerprint density at radius 1 is 1.29 bits per heavy atom. The number of thiocarbonyl (C=S) groups is 1. The molecule has 2 aromatic rings. The molecule has 0 fully saturated rings. The molecule has 0 aliphatic heterocycles. The number of hydrogen-bond acceptors (Lipinski definition) is 2. The molecule has 1 aromatic heterocycles. The first-order valence-corrected chi connectivity index (χ1v) is 7.85. The van der Waals surface area contributed by atoms with Crippen LogP contribution in [0.1, 0.15) is 38.2 Å². The molecule has 0 amide bonds. The molecule has 0 unspecified atom stereocenters. The Morgan fingerprint density at radius 3 is 3.00 bits per heavy atom. The lowest BCUT2D eigenvalue weighted by Gasteiger charge is -2.06. The lowest BCUT2D eigenvalue weighted by Crippen LogP contribution is -2.32. The van der Waals surface area contributed by atoms with Crippen molar-refractivity contribution in [2.45, 2.75) is 32.6 Å². The van der Waals surface area contributed by atoms with Crippen LogP contribution >= 0.6 is 12.2 Å². The fourth-order valence-electron chi connectivity index (χ4n) is 2.15. The molecule has 2 rings (SSSR count). The SMILES string of the molecule is CCCCCCNC(=S)N/N=C/c1c[nH]c2ccccc12. The maximum atomic E-state index is 5.18. The molecule has 112 valence electrons.